The summed E-state index contributed by atoms with van der Waals surface area (Å²) in [6.07, 6.45) is 3.04. The Morgan fingerprint density at radius 2 is 1.37 bits per heavy atom. The van der Waals surface area contributed by atoms with Crippen LogP contribution in [0.15, 0.2) is 10.2 Å². The highest BCUT2D eigenvalue weighted by Crippen LogP contribution is 2.13. The fourth-order valence-corrected chi connectivity index (χ4v) is 1.56. The van der Waals surface area contributed by atoms with Crippen LogP contribution in [-0.2, 0) is 9.47 Å². The fraction of sp³-hybridized carbons (Fsp3) is 1.00. The van der Waals surface area contributed by atoms with Gasteiger partial charge in [-0.2, -0.15) is 0 Å². The Balaban J connectivity index is 3.43. The molecule has 0 unspecified atom stereocenters. The summed E-state index contributed by atoms with van der Waals surface area (Å²) in [4.78, 5) is 5.31. The van der Waals surface area contributed by atoms with Crippen LogP contribution in [0.3, 0.4) is 0 Å². The van der Waals surface area contributed by atoms with Gasteiger partial charge >= 0.3 is 0 Å². The molecule has 0 radical (unpaired) electrons. The monoisotopic (exact) mass is 270 g/mol. The second kappa shape index (κ2) is 14.6. The molecule has 0 fully saturated rings. The van der Waals surface area contributed by atoms with Gasteiger partial charge in [0.15, 0.2) is 0 Å². The normalized spacial score (nSPS) is 11.4. The Morgan fingerprint density at radius 1 is 0.895 bits per heavy atom. The summed E-state index contributed by atoms with van der Waals surface area (Å²) in [5.74, 6) is 0.568. The Morgan fingerprint density at radius 3 is 1.74 bits per heavy atom. The highest BCUT2D eigenvalue weighted by molar-refractivity contribution is 4.57. The van der Waals surface area contributed by atoms with Gasteiger partial charge in [0.2, 0.25) is 0 Å². The van der Waals surface area contributed by atoms with Gasteiger partial charge in [-0.15, -0.1) is 0 Å². The molecule has 0 saturated carbocycles. The summed E-state index contributed by atoms with van der Waals surface area (Å²) >= 11 is 0. The molecule has 0 bridgehead atoms. The van der Waals surface area contributed by atoms with Gasteiger partial charge in [-0.25, -0.2) is 0 Å². The second-order valence-electron chi connectivity index (χ2n) is 3.99. The van der Waals surface area contributed by atoms with Crippen LogP contribution in [-0.4, -0.2) is 39.5 Å². The smallest absolute Gasteiger partial charge is 0.0522 e. The van der Waals surface area contributed by atoms with Crippen molar-refractivity contribution in [3.05, 3.63) is 20.9 Å². The lowest BCUT2D eigenvalue weighted by atomic mass is 9.99. The van der Waals surface area contributed by atoms with Crippen LogP contribution in [0.5, 0.6) is 0 Å². The maximum atomic E-state index is 8.09. The molecule has 0 rings (SSSR count). The van der Waals surface area contributed by atoms with E-state index in [9.17, 15) is 0 Å². The molecule has 0 saturated heterocycles. The van der Waals surface area contributed by atoms with Crippen molar-refractivity contribution in [2.75, 3.05) is 39.5 Å². The summed E-state index contributed by atoms with van der Waals surface area (Å²) < 4.78 is 10.7. The Kier molecular flexibility index (Phi) is 13.5. The Labute approximate surface area is 113 Å². The van der Waals surface area contributed by atoms with E-state index in [-0.39, 0.29) is 0 Å². The van der Waals surface area contributed by atoms with Crippen molar-refractivity contribution in [1.82, 2.24) is 0 Å². The van der Waals surface area contributed by atoms with Gasteiger partial charge in [-0.1, -0.05) is 23.6 Å². The van der Waals surface area contributed by atoms with E-state index in [0.717, 1.165) is 19.3 Å². The molecule has 0 aliphatic carbocycles. The van der Waals surface area contributed by atoms with Crippen molar-refractivity contribution in [3.63, 3.8) is 0 Å². The summed E-state index contributed by atoms with van der Waals surface area (Å²) in [6, 6.07) is 0. The van der Waals surface area contributed by atoms with E-state index in [4.69, 9.17) is 20.5 Å². The van der Waals surface area contributed by atoms with E-state index in [0.29, 0.717) is 45.4 Å². The quantitative estimate of drug-likeness (QED) is 0.220. The zero-order valence-electron chi connectivity index (χ0n) is 11.4. The van der Waals surface area contributed by atoms with Crippen molar-refractivity contribution >= 4 is 0 Å². The number of rotatable bonds is 13. The van der Waals surface area contributed by atoms with Crippen molar-refractivity contribution in [2.24, 2.45) is 16.1 Å². The van der Waals surface area contributed by atoms with E-state index in [1.54, 1.807) is 0 Å². The first-order valence-electron chi connectivity index (χ1n) is 6.52. The first kappa shape index (κ1) is 17.5. The standard InChI is InChI=1S/C11H22N6O2/c1-2-11(3-7-18-9-5-14-16-12)4-8-19-10-6-15-17-13/h11H,2-10H2,1H3. The van der Waals surface area contributed by atoms with E-state index in [1.165, 1.54) is 0 Å². The van der Waals surface area contributed by atoms with Crippen molar-refractivity contribution in [2.45, 2.75) is 26.2 Å². The number of azide groups is 2. The minimum Gasteiger partial charge on any atom is -0.381 e. The van der Waals surface area contributed by atoms with Crippen LogP contribution in [0.25, 0.3) is 20.9 Å². The molecule has 0 aliphatic rings. The molecule has 19 heavy (non-hydrogen) atoms. The molecule has 0 spiro atoms. The molecule has 0 aromatic carbocycles. The minimum absolute atomic E-state index is 0.385. The molecule has 0 heterocycles. The molecular formula is C11H22N6O2. The topological polar surface area (TPSA) is 116 Å². The molecule has 0 atom stereocenters. The molecule has 0 aromatic heterocycles. The van der Waals surface area contributed by atoms with Gasteiger partial charge < -0.3 is 9.47 Å². The van der Waals surface area contributed by atoms with Gasteiger partial charge in [-0.05, 0) is 29.8 Å². The molecule has 8 nitrogen and oxygen atoms in total. The maximum absolute atomic E-state index is 8.09. The summed E-state index contributed by atoms with van der Waals surface area (Å²) in [7, 11) is 0. The summed E-state index contributed by atoms with van der Waals surface area (Å²) in [5, 5.41) is 6.79. The van der Waals surface area contributed by atoms with Crippen molar-refractivity contribution in [1.29, 1.82) is 0 Å². The van der Waals surface area contributed by atoms with E-state index in [2.05, 4.69) is 27.0 Å². The van der Waals surface area contributed by atoms with Gasteiger partial charge in [0.05, 0.1) is 13.2 Å². The maximum Gasteiger partial charge on any atom is 0.0522 e. The van der Waals surface area contributed by atoms with Crippen LogP contribution in [0.2, 0.25) is 0 Å². The van der Waals surface area contributed by atoms with Crippen molar-refractivity contribution in [3.8, 4) is 0 Å². The molecule has 8 heteroatoms. The molecule has 0 N–H and O–H groups in total. The fourth-order valence-electron chi connectivity index (χ4n) is 1.56. The predicted octanol–water partition coefficient (Wildman–Crippen LogP) is 3.45. The lowest BCUT2D eigenvalue weighted by Crippen LogP contribution is -2.10. The third kappa shape index (κ3) is 12.8. The average Bonchev–Trinajstić information content (AvgIpc) is 2.44. The zero-order chi connectivity index (χ0) is 14.2. The number of hydrogen-bond acceptors (Lipinski definition) is 4. The van der Waals surface area contributed by atoms with E-state index in [1.807, 2.05) is 0 Å². The van der Waals surface area contributed by atoms with Gasteiger partial charge in [0, 0.05) is 36.1 Å². The minimum atomic E-state index is 0.385. The lowest BCUT2D eigenvalue weighted by molar-refractivity contribution is 0.101. The number of hydrogen-bond donors (Lipinski definition) is 0. The second-order valence-corrected chi connectivity index (χ2v) is 3.99. The summed E-state index contributed by atoms with van der Waals surface area (Å²) in [6.45, 7) is 5.22. The largest absolute Gasteiger partial charge is 0.381 e. The van der Waals surface area contributed by atoms with E-state index >= 15 is 0 Å². The first-order chi connectivity index (χ1) is 9.35. The predicted molar refractivity (Wildman–Crippen MR) is 72.7 cm³/mol. The third-order valence-electron chi connectivity index (χ3n) is 2.72. The van der Waals surface area contributed by atoms with Gasteiger partial charge in [0.25, 0.3) is 0 Å². The average molecular weight is 270 g/mol. The molecule has 0 aromatic rings. The van der Waals surface area contributed by atoms with Crippen molar-refractivity contribution < 1.29 is 9.47 Å². The first-order valence-corrected chi connectivity index (χ1v) is 6.52. The van der Waals surface area contributed by atoms with Crippen LogP contribution in [0, 0.1) is 5.92 Å². The zero-order valence-corrected chi connectivity index (χ0v) is 11.4. The number of nitrogens with zero attached hydrogens (tertiary/aromatic N) is 6. The highest BCUT2D eigenvalue weighted by atomic mass is 16.5. The van der Waals surface area contributed by atoms with Crippen LogP contribution in [0.4, 0.5) is 0 Å². The van der Waals surface area contributed by atoms with Crippen LogP contribution >= 0.6 is 0 Å². The molecule has 0 amide bonds. The molecule has 108 valence electrons. The lowest BCUT2D eigenvalue weighted by Gasteiger charge is -2.14. The van der Waals surface area contributed by atoms with Crippen LogP contribution in [0.1, 0.15) is 26.2 Å². The molecular weight excluding hydrogens is 248 g/mol. The van der Waals surface area contributed by atoms with Gasteiger partial charge in [0.1, 0.15) is 0 Å². The molecule has 0 aliphatic heterocycles. The van der Waals surface area contributed by atoms with Gasteiger partial charge in [-0.3, -0.25) is 0 Å². The summed E-state index contributed by atoms with van der Waals surface area (Å²) in [5.41, 5.74) is 16.2. The SMILES string of the molecule is CCC(CCOCCN=[N+]=[N-])CCOCCN=[N+]=[N-]. The third-order valence-corrected chi connectivity index (χ3v) is 2.72. The Hall–Kier alpha value is -1.46. The van der Waals surface area contributed by atoms with E-state index < -0.39 is 0 Å². The number of ether oxygens (including phenoxy) is 2. The van der Waals surface area contributed by atoms with Crippen LogP contribution < -0.4 is 0 Å². The highest BCUT2D eigenvalue weighted by Gasteiger charge is 2.06. The Bertz CT molecular complexity index is 272.